The van der Waals surface area contributed by atoms with Crippen molar-refractivity contribution < 1.29 is 4.74 Å². The van der Waals surface area contributed by atoms with E-state index >= 15 is 0 Å². The van der Waals surface area contributed by atoms with Crippen LogP contribution in [0.5, 0.6) is 5.75 Å². The first-order valence-electron chi connectivity index (χ1n) is 4.64. The van der Waals surface area contributed by atoms with Gasteiger partial charge in [0.05, 0.1) is 6.61 Å². The van der Waals surface area contributed by atoms with E-state index in [1.807, 2.05) is 26.0 Å². The highest BCUT2D eigenvalue weighted by molar-refractivity contribution is 7.98. The molecular weight excluding hydrogens is 194 g/mol. The monoisotopic (exact) mass is 211 g/mol. The molecule has 0 spiro atoms. The highest BCUT2D eigenvalue weighted by Crippen LogP contribution is 2.27. The third-order valence-electron chi connectivity index (χ3n) is 2.18. The number of aryl methyl sites for hydroxylation is 1. The molecule has 14 heavy (non-hydrogen) atoms. The fourth-order valence-electron chi connectivity index (χ4n) is 1.29. The normalized spacial score (nSPS) is 10.2. The van der Waals surface area contributed by atoms with Gasteiger partial charge in [-0.3, -0.25) is 0 Å². The van der Waals surface area contributed by atoms with E-state index in [-0.39, 0.29) is 0 Å². The Bertz CT molecular complexity index is 312. The summed E-state index contributed by atoms with van der Waals surface area (Å²) in [5, 5.41) is 0. The van der Waals surface area contributed by atoms with Crippen molar-refractivity contribution in [1.29, 1.82) is 0 Å². The van der Waals surface area contributed by atoms with E-state index < -0.39 is 0 Å². The van der Waals surface area contributed by atoms with Crippen molar-refractivity contribution in [3.8, 4) is 5.75 Å². The Morgan fingerprint density at radius 1 is 1.36 bits per heavy atom. The van der Waals surface area contributed by atoms with Gasteiger partial charge in [0, 0.05) is 17.0 Å². The van der Waals surface area contributed by atoms with Gasteiger partial charge in [0.25, 0.3) is 0 Å². The Hall–Kier alpha value is -0.830. The van der Waals surface area contributed by atoms with E-state index in [9.17, 15) is 0 Å². The van der Waals surface area contributed by atoms with E-state index in [4.69, 9.17) is 10.5 Å². The fraction of sp³-hybridized carbons (Fsp3) is 0.455. The Labute approximate surface area is 89.8 Å². The molecule has 1 aromatic carbocycles. The summed E-state index contributed by atoms with van der Waals surface area (Å²) in [5.41, 5.74) is 8.81. The third-order valence-corrected chi connectivity index (χ3v) is 2.75. The Morgan fingerprint density at radius 2 is 2.07 bits per heavy atom. The topological polar surface area (TPSA) is 35.2 Å². The quantitative estimate of drug-likeness (QED) is 0.614. The number of hydrogen-bond donors (Lipinski definition) is 1. The lowest BCUT2D eigenvalue weighted by molar-refractivity contribution is 0.339. The van der Waals surface area contributed by atoms with Crippen LogP contribution in [0.15, 0.2) is 12.1 Å². The minimum atomic E-state index is 0.742. The molecule has 0 radical (unpaired) electrons. The van der Waals surface area contributed by atoms with Gasteiger partial charge in [-0.05, 0) is 31.7 Å². The lowest BCUT2D eigenvalue weighted by Gasteiger charge is -2.13. The molecule has 0 aliphatic heterocycles. The number of benzene rings is 1. The van der Waals surface area contributed by atoms with Crippen molar-refractivity contribution in [3.63, 3.8) is 0 Å². The number of thioether (sulfide) groups is 1. The van der Waals surface area contributed by atoms with Gasteiger partial charge in [-0.1, -0.05) is 6.07 Å². The Morgan fingerprint density at radius 3 is 2.71 bits per heavy atom. The first-order valence-corrected chi connectivity index (χ1v) is 6.03. The van der Waals surface area contributed by atoms with E-state index in [1.54, 1.807) is 11.8 Å². The average molecular weight is 211 g/mol. The maximum absolute atomic E-state index is 5.81. The van der Waals surface area contributed by atoms with Crippen LogP contribution in [-0.2, 0) is 0 Å². The molecule has 0 bridgehead atoms. The summed E-state index contributed by atoms with van der Waals surface area (Å²) < 4.78 is 5.69. The summed E-state index contributed by atoms with van der Waals surface area (Å²) in [6.07, 6.45) is 2.07. The van der Waals surface area contributed by atoms with Crippen molar-refractivity contribution in [2.45, 2.75) is 13.8 Å². The van der Waals surface area contributed by atoms with Crippen LogP contribution < -0.4 is 10.5 Å². The molecule has 78 valence electrons. The van der Waals surface area contributed by atoms with Crippen LogP contribution in [0.4, 0.5) is 5.69 Å². The van der Waals surface area contributed by atoms with Gasteiger partial charge in [-0.25, -0.2) is 0 Å². The number of rotatable bonds is 4. The van der Waals surface area contributed by atoms with E-state index in [1.165, 1.54) is 0 Å². The van der Waals surface area contributed by atoms with Gasteiger partial charge < -0.3 is 10.5 Å². The largest absolute Gasteiger partial charge is 0.492 e. The molecule has 0 saturated carbocycles. The molecule has 3 heteroatoms. The van der Waals surface area contributed by atoms with Crippen LogP contribution in [0.3, 0.4) is 0 Å². The maximum Gasteiger partial charge on any atom is 0.127 e. The predicted octanol–water partition coefficient (Wildman–Crippen LogP) is 2.63. The lowest BCUT2D eigenvalue weighted by Crippen LogP contribution is -2.04. The maximum atomic E-state index is 5.81. The summed E-state index contributed by atoms with van der Waals surface area (Å²) >= 11 is 1.78. The van der Waals surface area contributed by atoms with Gasteiger partial charge in [0.1, 0.15) is 5.75 Å². The first kappa shape index (κ1) is 11.2. The Balaban J connectivity index is 2.79. The van der Waals surface area contributed by atoms with Crippen molar-refractivity contribution in [2.24, 2.45) is 0 Å². The second kappa shape index (κ2) is 5.15. The van der Waals surface area contributed by atoms with Gasteiger partial charge in [0.2, 0.25) is 0 Å². The average Bonchev–Trinajstić information content (AvgIpc) is 2.18. The van der Waals surface area contributed by atoms with Crippen molar-refractivity contribution >= 4 is 17.4 Å². The molecule has 0 atom stereocenters. The van der Waals surface area contributed by atoms with Crippen LogP contribution in [0.2, 0.25) is 0 Å². The van der Waals surface area contributed by atoms with Crippen molar-refractivity contribution in [1.82, 2.24) is 0 Å². The van der Waals surface area contributed by atoms with Gasteiger partial charge in [-0.2, -0.15) is 11.8 Å². The molecule has 0 fully saturated rings. The standard InChI is InChI=1S/C11H17NOS/c1-8-4-5-10(12)9(2)11(8)13-6-7-14-3/h4-5H,6-7,12H2,1-3H3. The SMILES string of the molecule is CSCCOc1c(C)ccc(N)c1C. The van der Waals surface area contributed by atoms with E-state index in [2.05, 4.69) is 6.26 Å². The predicted molar refractivity (Wildman–Crippen MR) is 64.2 cm³/mol. The number of nitrogen functional groups attached to an aromatic ring is 1. The molecule has 2 N–H and O–H groups in total. The van der Waals surface area contributed by atoms with Crippen LogP contribution in [0.1, 0.15) is 11.1 Å². The number of anilines is 1. The zero-order valence-corrected chi connectivity index (χ0v) is 9.78. The summed E-state index contributed by atoms with van der Waals surface area (Å²) in [6, 6.07) is 3.92. The molecule has 0 aliphatic rings. The molecule has 2 nitrogen and oxygen atoms in total. The molecule has 0 aromatic heterocycles. The number of nitrogens with two attached hydrogens (primary N) is 1. The third kappa shape index (κ3) is 2.58. The zero-order chi connectivity index (χ0) is 10.6. The highest BCUT2D eigenvalue weighted by Gasteiger charge is 2.05. The minimum absolute atomic E-state index is 0.742. The second-order valence-electron chi connectivity index (χ2n) is 3.27. The van der Waals surface area contributed by atoms with Crippen LogP contribution >= 0.6 is 11.8 Å². The molecule has 1 aromatic rings. The number of hydrogen-bond acceptors (Lipinski definition) is 3. The van der Waals surface area contributed by atoms with Crippen molar-refractivity contribution in [2.75, 3.05) is 24.3 Å². The summed E-state index contributed by atoms with van der Waals surface area (Å²) in [6.45, 7) is 4.78. The van der Waals surface area contributed by atoms with Crippen LogP contribution in [0, 0.1) is 13.8 Å². The summed E-state index contributed by atoms with van der Waals surface area (Å²) in [5.74, 6) is 1.95. The summed E-state index contributed by atoms with van der Waals surface area (Å²) in [7, 11) is 0. The van der Waals surface area contributed by atoms with Crippen LogP contribution in [0.25, 0.3) is 0 Å². The molecule has 0 aliphatic carbocycles. The van der Waals surface area contributed by atoms with E-state index in [0.717, 1.165) is 34.9 Å². The molecule has 1 rings (SSSR count). The zero-order valence-electron chi connectivity index (χ0n) is 8.96. The second-order valence-corrected chi connectivity index (χ2v) is 4.25. The fourth-order valence-corrected chi connectivity index (χ4v) is 1.54. The first-order chi connectivity index (χ1) is 6.66. The summed E-state index contributed by atoms with van der Waals surface area (Å²) in [4.78, 5) is 0. The molecule has 0 saturated heterocycles. The molecule has 0 heterocycles. The smallest absolute Gasteiger partial charge is 0.127 e. The van der Waals surface area contributed by atoms with E-state index in [0.29, 0.717) is 0 Å². The van der Waals surface area contributed by atoms with Gasteiger partial charge in [-0.15, -0.1) is 0 Å². The number of ether oxygens (including phenoxy) is 1. The highest BCUT2D eigenvalue weighted by atomic mass is 32.2. The van der Waals surface area contributed by atoms with Crippen LogP contribution in [-0.4, -0.2) is 18.6 Å². The van der Waals surface area contributed by atoms with Crippen molar-refractivity contribution in [3.05, 3.63) is 23.3 Å². The molecular formula is C11H17NOS. The molecule has 0 unspecified atom stereocenters. The lowest BCUT2D eigenvalue weighted by atomic mass is 10.1. The molecule has 0 amide bonds. The minimum Gasteiger partial charge on any atom is -0.492 e. The van der Waals surface area contributed by atoms with Gasteiger partial charge in [0.15, 0.2) is 0 Å². The Kier molecular flexibility index (Phi) is 4.14. The van der Waals surface area contributed by atoms with Gasteiger partial charge >= 0.3 is 0 Å².